The minimum Gasteiger partial charge on any atom is -0.388 e. The van der Waals surface area contributed by atoms with E-state index in [0.717, 1.165) is 0 Å². The molecule has 0 saturated heterocycles. The molecular formula is C8H15N. The van der Waals surface area contributed by atoms with Crippen molar-refractivity contribution in [1.82, 2.24) is 5.32 Å². The van der Waals surface area contributed by atoms with Crippen LogP contribution in [0.2, 0.25) is 0 Å². The molecule has 0 saturated carbocycles. The van der Waals surface area contributed by atoms with Crippen molar-refractivity contribution >= 4 is 0 Å². The third-order valence-electron chi connectivity index (χ3n) is 1.42. The van der Waals surface area contributed by atoms with Crippen LogP contribution in [0.5, 0.6) is 0 Å². The Morgan fingerprint density at radius 1 is 1.22 bits per heavy atom. The Kier molecular flexibility index (Phi) is 3.85. The molecule has 0 aliphatic rings. The lowest BCUT2D eigenvalue weighted by Gasteiger charge is -2.03. The average molecular weight is 125 g/mol. The van der Waals surface area contributed by atoms with E-state index in [1.165, 1.54) is 11.3 Å². The summed E-state index contributed by atoms with van der Waals surface area (Å²) in [5, 5.41) is 3.10. The summed E-state index contributed by atoms with van der Waals surface area (Å²) in [5.74, 6) is 0. The minimum absolute atomic E-state index is 1.21. The molecule has 1 heteroatoms. The summed E-state index contributed by atoms with van der Waals surface area (Å²) in [4.78, 5) is 0. The number of rotatable bonds is 2. The zero-order valence-electron chi connectivity index (χ0n) is 6.65. The molecule has 0 aromatic rings. The van der Waals surface area contributed by atoms with Gasteiger partial charge in [-0.25, -0.2) is 0 Å². The third kappa shape index (κ3) is 2.36. The van der Waals surface area contributed by atoms with Crippen LogP contribution in [0.15, 0.2) is 23.4 Å². The van der Waals surface area contributed by atoms with Crippen molar-refractivity contribution in [3.8, 4) is 0 Å². The number of nitrogens with one attached hydrogen (secondary N) is 1. The zero-order chi connectivity index (χ0) is 7.28. The van der Waals surface area contributed by atoms with Gasteiger partial charge in [0, 0.05) is 12.7 Å². The van der Waals surface area contributed by atoms with E-state index in [-0.39, 0.29) is 0 Å². The maximum Gasteiger partial charge on any atom is 0.0320 e. The molecule has 1 N–H and O–H groups in total. The van der Waals surface area contributed by atoms with Crippen LogP contribution in [0.4, 0.5) is 0 Å². The van der Waals surface area contributed by atoms with Crippen LogP contribution in [0.25, 0.3) is 0 Å². The molecule has 0 aliphatic heterocycles. The highest BCUT2D eigenvalue weighted by Crippen LogP contribution is 2.02. The normalized spacial score (nSPS) is 13.8. The molecule has 0 spiro atoms. The van der Waals surface area contributed by atoms with Crippen molar-refractivity contribution in [2.75, 3.05) is 7.05 Å². The van der Waals surface area contributed by atoms with Gasteiger partial charge in [-0.1, -0.05) is 12.2 Å². The lowest BCUT2D eigenvalue weighted by atomic mass is 10.2. The van der Waals surface area contributed by atoms with Gasteiger partial charge in [0.15, 0.2) is 0 Å². The molecule has 0 bridgehead atoms. The molecule has 0 radical (unpaired) electrons. The van der Waals surface area contributed by atoms with Gasteiger partial charge in [0.25, 0.3) is 0 Å². The van der Waals surface area contributed by atoms with Crippen molar-refractivity contribution in [3.63, 3.8) is 0 Å². The quantitative estimate of drug-likeness (QED) is 0.557. The maximum absolute atomic E-state index is 3.10. The molecule has 0 heterocycles. The highest BCUT2D eigenvalue weighted by atomic mass is 14.8. The van der Waals surface area contributed by atoms with Crippen LogP contribution in [-0.4, -0.2) is 7.05 Å². The first kappa shape index (κ1) is 8.28. The number of hydrogen-bond acceptors (Lipinski definition) is 1. The fourth-order valence-electron chi connectivity index (χ4n) is 0.725. The van der Waals surface area contributed by atoms with E-state index in [9.17, 15) is 0 Å². The predicted molar refractivity (Wildman–Crippen MR) is 42.2 cm³/mol. The van der Waals surface area contributed by atoms with E-state index >= 15 is 0 Å². The summed E-state index contributed by atoms with van der Waals surface area (Å²) in [5.41, 5.74) is 2.50. The van der Waals surface area contributed by atoms with Crippen LogP contribution in [0, 0.1) is 0 Å². The van der Waals surface area contributed by atoms with Gasteiger partial charge < -0.3 is 5.32 Å². The third-order valence-corrected chi connectivity index (χ3v) is 1.42. The fourth-order valence-corrected chi connectivity index (χ4v) is 0.725. The number of allylic oxidation sites excluding steroid dienone is 3. The second kappa shape index (κ2) is 4.19. The highest BCUT2D eigenvalue weighted by molar-refractivity contribution is 5.25. The lowest BCUT2D eigenvalue weighted by molar-refractivity contribution is 0.991. The van der Waals surface area contributed by atoms with Crippen LogP contribution in [0.1, 0.15) is 20.8 Å². The SMILES string of the molecule is C/C=C(NC)/C(C)=C/C. The molecule has 0 unspecified atom stereocenters. The second-order valence-corrected chi connectivity index (χ2v) is 1.92. The van der Waals surface area contributed by atoms with Crippen LogP contribution in [-0.2, 0) is 0 Å². The molecule has 0 aromatic heterocycles. The molecule has 0 amide bonds. The first-order valence-electron chi connectivity index (χ1n) is 3.23. The highest BCUT2D eigenvalue weighted by Gasteiger charge is 1.90. The van der Waals surface area contributed by atoms with E-state index in [4.69, 9.17) is 0 Å². The summed E-state index contributed by atoms with van der Waals surface area (Å²) in [6.07, 6.45) is 4.15. The van der Waals surface area contributed by atoms with Gasteiger partial charge in [0.1, 0.15) is 0 Å². The van der Waals surface area contributed by atoms with Gasteiger partial charge in [-0.2, -0.15) is 0 Å². The average Bonchev–Trinajstić information content (AvgIpc) is 1.90. The van der Waals surface area contributed by atoms with Crippen molar-refractivity contribution in [2.45, 2.75) is 20.8 Å². The van der Waals surface area contributed by atoms with Crippen molar-refractivity contribution < 1.29 is 0 Å². The maximum atomic E-state index is 3.10. The van der Waals surface area contributed by atoms with E-state index < -0.39 is 0 Å². The molecule has 9 heavy (non-hydrogen) atoms. The van der Waals surface area contributed by atoms with E-state index in [1.54, 1.807) is 0 Å². The Morgan fingerprint density at radius 2 is 1.78 bits per heavy atom. The van der Waals surface area contributed by atoms with Crippen LogP contribution in [0.3, 0.4) is 0 Å². The van der Waals surface area contributed by atoms with Gasteiger partial charge in [-0.3, -0.25) is 0 Å². The predicted octanol–water partition coefficient (Wildman–Crippen LogP) is 2.08. The largest absolute Gasteiger partial charge is 0.388 e. The Morgan fingerprint density at radius 3 is 1.89 bits per heavy atom. The molecule has 0 fully saturated rings. The standard InChI is InChI=1S/C8H15N/c1-5-7(3)8(6-2)9-4/h5-6,9H,1-4H3/b7-5+,8-6-. The molecule has 1 nitrogen and oxygen atoms in total. The van der Waals surface area contributed by atoms with Gasteiger partial charge in [0.2, 0.25) is 0 Å². The fraction of sp³-hybridized carbons (Fsp3) is 0.500. The van der Waals surface area contributed by atoms with Crippen LogP contribution < -0.4 is 5.32 Å². The molecule has 0 aromatic carbocycles. The van der Waals surface area contributed by atoms with Gasteiger partial charge in [-0.15, -0.1) is 0 Å². The van der Waals surface area contributed by atoms with Gasteiger partial charge in [-0.05, 0) is 26.3 Å². The van der Waals surface area contributed by atoms with E-state index in [0.29, 0.717) is 0 Å². The summed E-state index contributed by atoms with van der Waals surface area (Å²) in [6.45, 7) is 6.15. The number of likely N-dealkylation sites (N-methyl/N-ethyl adjacent to an activating group) is 1. The summed E-state index contributed by atoms with van der Waals surface area (Å²) < 4.78 is 0. The number of hydrogen-bond donors (Lipinski definition) is 1. The first-order chi connectivity index (χ1) is 4.26. The smallest absolute Gasteiger partial charge is 0.0320 e. The topological polar surface area (TPSA) is 12.0 Å². The lowest BCUT2D eigenvalue weighted by Crippen LogP contribution is -2.05. The molecule has 52 valence electrons. The van der Waals surface area contributed by atoms with Crippen molar-refractivity contribution in [2.24, 2.45) is 0 Å². The van der Waals surface area contributed by atoms with Crippen molar-refractivity contribution in [1.29, 1.82) is 0 Å². The summed E-state index contributed by atoms with van der Waals surface area (Å²) in [7, 11) is 1.93. The van der Waals surface area contributed by atoms with Gasteiger partial charge >= 0.3 is 0 Å². The Labute approximate surface area is 57.5 Å². The Bertz CT molecular complexity index is 132. The zero-order valence-corrected chi connectivity index (χ0v) is 6.65. The Balaban J connectivity index is 4.14. The Hall–Kier alpha value is -0.720. The van der Waals surface area contributed by atoms with Crippen molar-refractivity contribution in [3.05, 3.63) is 23.4 Å². The molecular weight excluding hydrogens is 110 g/mol. The minimum atomic E-state index is 1.21. The second-order valence-electron chi connectivity index (χ2n) is 1.92. The first-order valence-corrected chi connectivity index (χ1v) is 3.23. The summed E-state index contributed by atoms with van der Waals surface area (Å²) in [6, 6.07) is 0. The summed E-state index contributed by atoms with van der Waals surface area (Å²) >= 11 is 0. The molecule has 0 aliphatic carbocycles. The van der Waals surface area contributed by atoms with Gasteiger partial charge in [0.05, 0.1) is 0 Å². The van der Waals surface area contributed by atoms with Crippen LogP contribution >= 0.6 is 0 Å². The monoisotopic (exact) mass is 125 g/mol. The molecule has 0 atom stereocenters. The molecule has 0 rings (SSSR count). The van der Waals surface area contributed by atoms with E-state index in [2.05, 4.69) is 24.4 Å². The van der Waals surface area contributed by atoms with E-state index in [1.807, 2.05) is 20.9 Å².